The predicted octanol–water partition coefficient (Wildman–Crippen LogP) is 3.65. The zero-order chi connectivity index (χ0) is 16.7. The average Bonchev–Trinajstić information content (AvgIpc) is 2.96. The summed E-state index contributed by atoms with van der Waals surface area (Å²) in [5.41, 5.74) is 0.773. The largest absolute Gasteiger partial charge is 0.486 e. The minimum absolute atomic E-state index is 0.138. The molecule has 0 fully saturated rings. The lowest BCUT2D eigenvalue weighted by molar-refractivity contribution is 0.171. The van der Waals surface area contributed by atoms with Crippen molar-refractivity contribution in [2.75, 3.05) is 13.2 Å². The molecule has 1 N–H and O–H groups in total. The van der Waals surface area contributed by atoms with E-state index in [-0.39, 0.29) is 16.2 Å². The molecule has 0 amide bonds. The Morgan fingerprint density at radius 2 is 1.83 bits per heavy atom. The molecule has 0 saturated carbocycles. The number of hydrogen-bond acceptors (Lipinski definition) is 4. The molecular formula is C16H11F2N3O2S. The summed E-state index contributed by atoms with van der Waals surface area (Å²) in [6.07, 6.45) is 0. The lowest BCUT2D eigenvalue weighted by Crippen LogP contribution is -2.15. The molecule has 0 saturated heterocycles. The molecule has 24 heavy (non-hydrogen) atoms. The molecule has 4 rings (SSSR count). The monoisotopic (exact) mass is 347 g/mol. The number of hydrogen-bond donors (Lipinski definition) is 1. The Morgan fingerprint density at radius 3 is 2.62 bits per heavy atom. The Hall–Kier alpha value is -2.74. The van der Waals surface area contributed by atoms with Gasteiger partial charge in [0.2, 0.25) is 0 Å². The van der Waals surface area contributed by atoms with Gasteiger partial charge in [-0.25, -0.2) is 8.78 Å². The van der Waals surface area contributed by atoms with E-state index in [1.807, 2.05) is 0 Å². The van der Waals surface area contributed by atoms with Crippen LogP contribution in [0.5, 0.6) is 11.5 Å². The number of aromatic amines is 1. The van der Waals surface area contributed by atoms with Crippen molar-refractivity contribution in [2.45, 2.75) is 0 Å². The Bertz CT molecular complexity index is 984. The molecule has 1 aliphatic heterocycles. The molecule has 5 nitrogen and oxygen atoms in total. The average molecular weight is 347 g/mol. The smallest absolute Gasteiger partial charge is 0.200 e. The first-order valence-electron chi connectivity index (χ1n) is 7.16. The van der Waals surface area contributed by atoms with Crippen LogP contribution in [0.25, 0.3) is 17.1 Å². The number of ether oxygens (including phenoxy) is 2. The van der Waals surface area contributed by atoms with Crippen molar-refractivity contribution in [3.63, 3.8) is 0 Å². The summed E-state index contributed by atoms with van der Waals surface area (Å²) in [5, 5.41) is 6.72. The molecule has 8 heteroatoms. The maximum absolute atomic E-state index is 14.1. The van der Waals surface area contributed by atoms with Gasteiger partial charge < -0.3 is 9.47 Å². The van der Waals surface area contributed by atoms with Gasteiger partial charge in [-0.2, -0.15) is 5.10 Å². The SMILES string of the molecule is Fc1ccc(-c2n[nH]c(=S)n2-c2ccc3c(c2)OCCO3)c(F)c1. The van der Waals surface area contributed by atoms with E-state index in [2.05, 4.69) is 10.2 Å². The van der Waals surface area contributed by atoms with Crippen molar-refractivity contribution in [3.05, 3.63) is 52.8 Å². The number of nitrogens with zero attached hydrogens (tertiary/aromatic N) is 2. The Kier molecular flexibility index (Phi) is 3.53. The first-order chi connectivity index (χ1) is 11.6. The molecule has 1 aromatic heterocycles. The van der Waals surface area contributed by atoms with Crippen molar-refractivity contribution < 1.29 is 18.3 Å². The number of aromatic nitrogens is 3. The lowest BCUT2D eigenvalue weighted by atomic mass is 10.2. The summed E-state index contributed by atoms with van der Waals surface area (Å²) in [4.78, 5) is 0. The number of fused-ring (bicyclic) bond motifs is 1. The molecule has 0 bridgehead atoms. The van der Waals surface area contributed by atoms with Crippen LogP contribution in [0.15, 0.2) is 36.4 Å². The Morgan fingerprint density at radius 1 is 1.04 bits per heavy atom. The highest BCUT2D eigenvalue weighted by Crippen LogP contribution is 2.33. The minimum atomic E-state index is -0.720. The third kappa shape index (κ3) is 2.44. The number of benzene rings is 2. The van der Waals surface area contributed by atoms with E-state index in [0.717, 1.165) is 6.07 Å². The number of nitrogens with one attached hydrogen (secondary N) is 1. The van der Waals surface area contributed by atoms with Gasteiger partial charge in [-0.3, -0.25) is 9.67 Å². The summed E-state index contributed by atoms with van der Waals surface area (Å²) in [7, 11) is 0. The van der Waals surface area contributed by atoms with Crippen molar-refractivity contribution in [2.24, 2.45) is 0 Å². The van der Waals surface area contributed by atoms with Gasteiger partial charge in [-0.15, -0.1) is 0 Å². The first-order valence-corrected chi connectivity index (χ1v) is 7.57. The second-order valence-electron chi connectivity index (χ2n) is 5.14. The molecule has 0 radical (unpaired) electrons. The Labute approximate surface area is 140 Å². The molecule has 0 unspecified atom stereocenters. The van der Waals surface area contributed by atoms with E-state index in [1.165, 1.54) is 12.1 Å². The van der Waals surface area contributed by atoms with Crippen LogP contribution in [0.2, 0.25) is 0 Å². The first kappa shape index (κ1) is 14.8. The summed E-state index contributed by atoms with van der Waals surface area (Å²) in [6.45, 7) is 0.941. The van der Waals surface area contributed by atoms with Gasteiger partial charge in [-0.1, -0.05) is 0 Å². The normalized spacial score (nSPS) is 13.1. The fourth-order valence-electron chi connectivity index (χ4n) is 2.56. The van der Waals surface area contributed by atoms with E-state index in [9.17, 15) is 8.78 Å². The highest BCUT2D eigenvalue weighted by atomic mass is 32.1. The van der Waals surface area contributed by atoms with Crippen LogP contribution in [0.3, 0.4) is 0 Å². The second-order valence-corrected chi connectivity index (χ2v) is 5.53. The maximum Gasteiger partial charge on any atom is 0.200 e. The van der Waals surface area contributed by atoms with E-state index >= 15 is 0 Å². The van der Waals surface area contributed by atoms with Gasteiger partial charge in [0.15, 0.2) is 22.1 Å². The van der Waals surface area contributed by atoms with Crippen LogP contribution in [0.1, 0.15) is 0 Å². The van der Waals surface area contributed by atoms with Gasteiger partial charge in [0.1, 0.15) is 24.8 Å². The maximum atomic E-state index is 14.1. The molecule has 122 valence electrons. The van der Waals surface area contributed by atoms with E-state index in [4.69, 9.17) is 21.7 Å². The molecule has 2 heterocycles. The van der Waals surface area contributed by atoms with Gasteiger partial charge in [-0.05, 0) is 36.5 Å². The van der Waals surface area contributed by atoms with Crippen molar-refractivity contribution in [1.82, 2.24) is 14.8 Å². The highest BCUT2D eigenvalue weighted by molar-refractivity contribution is 7.71. The quantitative estimate of drug-likeness (QED) is 0.719. The summed E-state index contributed by atoms with van der Waals surface area (Å²) < 4.78 is 40.2. The third-order valence-electron chi connectivity index (χ3n) is 3.63. The summed E-state index contributed by atoms with van der Waals surface area (Å²) in [5.74, 6) is 0.0788. The fraction of sp³-hybridized carbons (Fsp3) is 0.125. The molecular weight excluding hydrogens is 336 g/mol. The molecule has 0 aliphatic carbocycles. The van der Waals surface area contributed by atoms with Crippen LogP contribution in [-0.2, 0) is 0 Å². The molecule has 0 atom stereocenters. The zero-order valence-corrected chi connectivity index (χ0v) is 13.1. The predicted molar refractivity (Wildman–Crippen MR) is 85.1 cm³/mol. The van der Waals surface area contributed by atoms with Crippen LogP contribution in [0, 0.1) is 16.4 Å². The molecule has 3 aromatic rings. The van der Waals surface area contributed by atoms with E-state index < -0.39 is 11.6 Å². The van der Waals surface area contributed by atoms with Crippen LogP contribution >= 0.6 is 12.2 Å². The minimum Gasteiger partial charge on any atom is -0.486 e. The second kappa shape index (κ2) is 5.72. The van der Waals surface area contributed by atoms with Crippen LogP contribution in [0.4, 0.5) is 8.78 Å². The molecule has 1 aliphatic rings. The Balaban J connectivity index is 1.88. The third-order valence-corrected chi connectivity index (χ3v) is 3.90. The number of H-pyrrole nitrogens is 1. The summed E-state index contributed by atoms with van der Waals surface area (Å²) >= 11 is 5.25. The summed E-state index contributed by atoms with van der Waals surface area (Å²) in [6, 6.07) is 8.56. The van der Waals surface area contributed by atoms with Crippen LogP contribution < -0.4 is 9.47 Å². The van der Waals surface area contributed by atoms with Crippen molar-refractivity contribution in [3.8, 4) is 28.6 Å². The standard InChI is InChI=1S/C16H11F2N3O2S/c17-9-1-3-11(12(18)7-9)15-19-20-16(24)21(15)10-2-4-13-14(8-10)23-6-5-22-13/h1-4,7-8H,5-6H2,(H,20,24). The van der Waals surface area contributed by atoms with Gasteiger partial charge in [0, 0.05) is 12.1 Å². The number of rotatable bonds is 2. The topological polar surface area (TPSA) is 52.1 Å². The molecule has 2 aromatic carbocycles. The van der Waals surface area contributed by atoms with Crippen LogP contribution in [-0.4, -0.2) is 28.0 Å². The van der Waals surface area contributed by atoms with Gasteiger partial charge >= 0.3 is 0 Å². The van der Waals surface area contributed by atoms with Gasteiger partial charge in [0.05, 0.1) is 11.3 Å². The van der Waals surface area contributed by atoms with Crippen molar-refractivity contribution >= 4 is 12.2 Å². The van der Waals surface area contributed by atoms with Gasteiger partial charge in [0.25, 0.3) is 0 Å². The van der Waals surface area contributed by atoms with E-state index in [0.29, 0.717) is 30.4 Å². The fourth-order valence-corrected chi connectivity index (χ4v) is 2.80. The lowest BCUT2D eigenvalue weighted by Gasteiger charge is -2.19. The number of halogens is 2. The highest BCUT2D eigenvalue weighted by Gasteiger charge is 2.18. The zero-order valence-electron chi connectivity index (χ0n) is 12.3. The van der Waals surface area contributed by atoms with Crippen molar-refractivity contribution in [1.29, 1.82) is 0 Å². The molecule has 0 spiro atoms. The van der Waals surface area contributed by atoms with E-state index in [1.54, 1.807) is 22.8 Å².